The van der Waals surface area contributed by atoms with Crippen LogP contribution in [0.2, 0.25) is 0 Å². The molecular formula is C14H12N2O4S. The van der Waals surface area contributed by atoms with E-state index in [2.05, 4.69) is 16.2 Å². The van der Waals surface area contributed by atoms with Gasteiger partial charge in [-0.15, -0.1) is 23.7 Å². The van der Waals surface area contributed by atoms with Gasteiger partial charge in [0.2, 0.25) is 0 Å². The Morgan fingerprint density at radius 3 is 2.95 bits per heavy atom. The Morgan fingerprint density at radius 2 is 2.38 bits per heavy atom. The SMILES string of the molecule is C#CCC(NC(=O)c1nc(-c2ccco2)sc1C)C(=O)O. The van der Waals surface area contributed by atoms with Gasteiger partial charge in [0.15, 0.2) is 10.8 Å². The van der Waals surface area contributed by atoms with Gasteiger partial charge in [-0.2, -0.15) is 0 Å². The second kappa shape index (κ2) is 6.24. The van der Waals surface area contributed by atoms with Crippen LogP contribution >= 0.6 is 11.3 Å². The Labute approximate surface area is 124 Å². The van der Waals surface area contributed by atoms with E-state index in [1.165, 1.54) is 17.6 Å². The van der Waals surface area contributed by atoms with Crippen LogP contribution in [-0.2, 0) is 4.79 Å². The van der Waals surface area contributed by atoms with Gasteiger partial charge in [-0.3, -0.25) is 4.79 Å². The van der Waals surface area contributed by atoms with Gasteiger partial charge < -0.3 is 14.8 Å². The number of hydrogen-bond acceptors (Lipinski definition) is 5. The largest absolute Gasteiger partial charge is 0.480 e. The molecule has 0 aliphatic rings. The Balaban J connectivity index is 2.20. The van der Waals surface area contributed by atoms with Gasteiger partial charge in [-0.05, 0) is 19.1 Å². The fraction of sp³-hybridized carbons (Fsp3) is 0.214. The smallest absolute Gasteiger partial charge is 0.327 e. The number of thiazole rings is 1. The van der Waals surface area contributed by atoms with Crippen LogP contribution in [0.1, 0.15) is 21.8 Å². The number of aliphatic carboxylic acids is 1. The summed E-state index contributed by atoms with van der Waals surface area (Å²) in [6.45, 7) is 1.73. The predicted molar refractivity (Wildman–Crippen MR) is 76.9 cm³/mol. The number of carboxylic acids is 1. The fourth-order valence-corrected chi connectivity index (χ4v) is 2.54. The number of carboxylic acid groups (broad SMARTS) is 1. The molecule has 7 heteroatoms. The maximum Gasteiger partial charge on any atom is 0.327 e. The Kier molecular flexibility index (Phi) is 4.40. The highest BCUT2D eigenvalue weighted by molar-refractivity contribution is 7.15. The quantitative estimate of drug-likeness (QED) is 0.823. The van der Waals surface area contributed by atoms with Gasteiger partial charge in [0.25, 0.3) is 5.91 Å². The number of furan rings is 1. The van der Waals surface area contributed by atoms with Crippen molar-refractivity contribution in [3.8, 4) is 23.1 Å². The van der Waals surface area contributed by atoms with E-state index < -0.39 is 17.9 Å². The molecule has 0 saturated heterocycles. The molecule has 2 heterocycles. The molecule has 1 amide bonds. The van der Waals surface area contributed by atoms with Crippen molar-refractivity contribution < 1.29 is 19.1 Å². The highest BCUT2D eigenvalue weighted by Crippen LogP contribution is 2.27. The first-order valence-corrected chi connectivity index (χ1v) is 6.83. The zero-order chi connectivity index (χ0) is 15.4. The third-order valence-corrected chi connectivity index (χ3v) is 3.65. The molecule has 21 heavy (non-hydrogen) atoms. The van der Waals surface area contributed by atoms with Crippen LogP contribution in [-0.4, -0.2) is 28.0 Å². The van der Waals surface area contributed by atoms with E-state index >= 15 is 0 Å². The molecule has 0 bridgehead atoms. The molecule has 0 fully saturated rings. The highest BCUT2D eigenvalue weighted by atomic mass is 32.1. The van der Waals surface area contributed by atoms with Crippen LogP contribution in [0.25, 0.3) is 10.8 Å². The number of carbonyl (C=O) groups is 2. The molecular weight excluding hydrogens is 292 g/mol. The standard InChI is InChI=1S/C14H12N2O4S/c1-3-5-9(14(18)19)15-12(17)11-8(2)21-13(16-11)10-6-4-7-20-10/h1,4,6-7,9H,5H2,2H3,(H,15,17)(H,18,19). The van der Waals surface area contributed by atoms with Crippen molar-refractivity contribution in [2.45, 2.75) is 19.4 Å². The van der Waals surface area contributed by atoms with E-state index in [0.29, 0.717) is 15.6 Å². The van der Waals surface area contributed by atoms with Crippen molar-refractivity contribution in [1.82, 2.24) is 10.3 Å². The number of nitrogens with zero attached hydrogens (tertiary/aromatic N) is 1. The number of aromatic nitrogens is 1. The molecule has 2 rings (SSSR count). The number of nitrogens with one attached hydrogen (secondary N) is 1. The van der Waals surface area contributed by atoms with Crippen molar-refractivity contribution in [2.75, 3.05) is 0 Å². The van der Waals surface area contributed by atoms with Crippen molar-refractivity contribution >= 4 is 23.2 Å². The van der Waals surface area contributed by atoms with Crippen LogP contribution in [0.15, 0.2) is 22.8 Å². The summed E-state index contributed by atoms with van der Waals surface area (Å²) >= 11 is 1.30. The van der Waals surface area contributed by atoms with E-state index in [-0.39, 0.29) is 12.1 Å². The molecule has 2 N–H and O–H groups in total. The minimum atomic E-state index is -1.18. The van der Waals surface area contributed by atoms with Crippen LogP contribution in [0.3, 0.4) is 0 Å². The second-order valence-electron chi connectivity index (χ2n) is 4.17. The molecule has 0 aliphatic carbocycles. The molecule has 6 nitrogen and oxygen atoms in total. The van der Waals surface area contributed by atoms with Crippen molar-refractivity contribution in [3.05, 3.63) is 29.0 Å². The van der Waals surface area contributed by atoms with E-state index in [0.717, 1.165) is 0 Å². The van der Waals surface area contributed by atoms with Gasteiger partial charge in [-0.1, -0.05) is 0 Å². The van der Waals surface area contributed by atoms with Crippen molar-refractivity contribution in [3.63, 3.8) is 0 Å². The first-order valence-electron chi connectivity index (χ1n) is 6.01. The summed E-state index contributed by atoms with van der Waals surface area (Å²) in [5, 5.41) is 11.9. The fourth-order valence-electron chi connectivity index (χ4n) is 1.66. The molecule has 0 spiro atoms. The normalized spacial score (nSPS) is 11.6. The molecule has 2 aromatic heterocycles. The molecule has 108 valence electrons. The molecule has 0 aliphatic heterocycles. The second-order valence-corrected chi connectivity index (χ2v) is 5.38. The zero-order valence-electron chi connectivity index (χ0n) is 11.1. The lowest BCUT2D eigenvalue weighted by molar-refractivity contribution is -0.139. The van der Waals surface area contributed by atoms with Crippen LogP contribution in [0, 0.1) is 19.3 Å². The maximum absolute atomic E-state index is 12.1. The minimum Gasteiger partial charge on any atom is -0.480 e. The molecule has 1 atom stereocenters. The number of carbonyl (C=O) groups excluding carboxylic acids is 1. The Hall–Kier alpha value is -2.59. The predicted octanol–water partition coefficient (Wildman–Crippen LogP) is 1.92. The summed E-state index contributed by atoms with van der Waals surface area (Å²) in [5.41, 5.74) is 0.176. The summed E-state index contributed by atoms with van der Waals surface area (Å²) in [4.78, 5) is 28.0. The number of rotatable bonds is 5. The first-order chi connectivity index (χ1) is 10.0. The monoisotopic (exact) mass is 304 g/mol. The lowest BCUT2D eigenvalue weighted by Gasteiger charge is -2.10. The summed E-state index contributed by atoms with van der Waals surface area (Å²) in [6, 6.07) is 2.33. The summed E-state index contributed by atoms with van der Waals surface area (Å²) in [7, 11) is 0. The topological polar surface area (TPSA) is 92.4 Å². The Morgan fingerprint density at radius 1 is 1.62 bits per heavy atom. The first kappa shape index (κ1) is 14.8. The van der Waals surface area contributed by atoms with E-state index in [4.69, 9.17) is 15.9 Å². The highest BCUT2D eigenvalue weighted by Gasteiger charge is 2.23. The Bertz CT molecular complexity index is 697. The number of amides is 1. The average molecular weight is 304 g/mol. The van der Waals surface area contributed by atoms with Gasteiger partial charge in [0, 0.05) is 11.3 Å². The summed E-state index contributed by atoms with van der Waals surface area (Å²) in [5.74, 6) is 1.03. The number of hydrogen-bond donors (Lipinski definition) is 2. The van der Waals surface area contributed by atoms with Crippen LogP contribution in [0.4, 0.5) is 0 Å². The summed E-state index contributed by atoms with van der Waals surface area (Å²) < 4.78 is 5.22. The molecule has 0 saturated carbocycles. The van der Waals surface area contributed by atoms with Crippen molar-refractivity contribution in [1.29, 1.82) is 0 Å². The van der Waals surface area contributed by atoms with Gasteiger partial charge in [-0.25, -0.2) is 9.78 Å². The van der Waals surface area contributed by atoms with Gasteiger partial charge in [0.1, 0.15) is 11.7 Å². The van der Waals surface area contributed by atoms with Crippen molar-refractivity contribution in [2.24, 2.45) is 0 Å². The van der Waals surface area contributed by atoms with E-state index in [1.54, 1.807) is 19.1 Å². The average Bonchev–Trinajstić information content (AvgIpc) is 3.06. The lowest BCUT2D eigenvalue weighted by atomic mass is 10.2. The molecule has 0 aromatic carbocycles. The van der Waals surface area contributed by atoms with Crippen LogP contribution in [0.5, 0.6) is 0 Å². The third-order valence-electron chi connectivity index (χ3n) is 2.67. The van der Waals surface area contributed by atoms with E-state index in [1.807, 2.05) is 0 Å². The van der Waals surface area contributed by atoms with Gasteiger partial charge in [0.05, 0.1) is 6.26 Å². The number of aryl methyl sites for hydroxylation is 1. The number of terminal acetylenes is 1. The molecule has 1 unspecified atom stereocenters. The van der Waals surface area contributed by atoms with Gasteiger partial charge >= 0.3 is 5.97 Å². The van der Waals surface area contributed by atoms with E-state index in [9.17, 15) is 9.59 Å². The third kappa shape index (κ3) is 3.30. The molecule has 2 aromatic rings. The maximum atomic E-state index is 12.1. The minimum absolute atomic E-state index is 0.0880. The molecule has 0 radical (unpaired) electrons. The zero-order valence-corrected chi connectivity index (χ0v) is 11.9. The lowest BCUT2D eigenvalue weighted by Crippen LogP contribution is -2.40. The van der Waals surface area contributed by atoms with Crippen LogP contribution < -0.4 is 5.32 Å². The summed E-state index contributed by atoms with van der Waals surface area (Å²) in [6.07, 6.45) is 6.51.